The Labute approximate surface area is 164 Å². The number of anilines is 1. The van der Waals surface area contributed by atoms with Gasteiger partial charge < -0.3 is 16.3 Å². The number of thiophene rings is 1. The number of ketones is 1. The van der Waals surface area contributed by atoms with Crippen LogP contribution in [0.5, 0.6) is 0 Å². The lowest BCUT2D eigenvalue weighted by Gasteiger charge is -2.18. The topological polar surface area (TPSA) is 123 Å². The molecule has 144 valence electrons. The van der Waals surface area contributed by atoms with E-state index in [0.29, 0.717) is 21.5 Å². The zero-order valence-electron chi connectivity index (χ0n) is 14.9. The van der Waals surface area contributed by atoms with E-state index in [2.05, 4.69) is 15.5 Å². The van der Waals surface area contributed by atoms with Crippen molar-refractivity contribution in [3.8, 4) is 0 Å². The number of amides is 1. The first kappa shape index (κ1) is 18.5. The van der Waals surface area contributed by atoms with Crippen molar-refractivity contribution >= 4 is 39.8 Å². The SMILES string of the molecule is CC(=O)c1c(NC(=O)CSc2nnc(C3CC3)n2O)sc2c1CCC(N)C2. The summed E-state index contributed by atoms with van der Waals surface area (Å²) in [5, 5.41) is 21.8. The molecule has 10 heteroatoms. The number of rotatable bonds is 6. The van der Waals surface area contributed by atoms with Crippen LogP contribution in [0.4, 0.5) is 5.00 Å². The molecule has 4 rings (SSSR count). The zero-order chi connectivity index (χ0) is 19.1. The number of carbonyl (C=O) groups is 2. The predicted molar refractivity (Wildman–Crippen MR) is 103 cm³/mol. The number of nitrogens with one attached hydrogen (secondary N) is 1. The molecule has 1 atom stereocenters. The van der Waals surface area contributed by atoms with Gasteiger partial charge in [0.1, 0.15) is 5.00 Å². The fraction of sp³-hybridized carbons (Fsp3) is 0.529. The second-order valence-electron chi connectivity index (χ2n) is 7.03. The average molecular weight is 408 g/mol. The smallest absolute Gasteiger partial charge is 0.235 e. The molecule has 2 aliphatic rings. The molecule has 1 fully saturated rings. The van der Waals surface area contributed by atoms with Crippen molar-refractivity contribution < 1.29 is 14.8 Å². The second-order valence-corrected chi connectivity index (χ2v) is 9.08. The molecule has 2 aromatic heterocycles. The minimum Gasteiger partial charge on any atom is -0.425 e. The Balaban J connectivity index is 1.44. The first-order valence-electron chi connectivity index (χ1n) is 8.92. The maximum atomic E-state index is 12.4. The molecule has 2 aliphatic carbocycles. The number of aromatic nitrogens is 3. The van der Waals surface area contributed by atoms with Crippen molar-refractivity contribution in [2.45, 2.75) is 56.1 Å². The highest BCUT2D eigenvalue weighted by molar-refractivity contribution is 7.99. The van der Waals surface area contributed by atoms with E-state index < -0.39 is 0 Å². The highest BCUT2D eigenvalue weighted by Gasteiger charge is 2.31. The van der Waals surface area contributed by atoms with Gasteiger partial charge in [-0.1, -0.05) is 11.8 Å². The number of nitrogens with two attached hydrogens (primary N) is 1. The lowest BCUT2D eigenvalue weighted by Crippen LogP contribution is -2.27. The summed E-state index contributed by atoms with van der Waals surface area (Å²) in [6.45, 7) is 1.52. The fourth-order valence-corrected chi connectivity index (χ4v) is 5.38. The van der Waals surface area contributed by atoms with E-state index in [1.54, 1.807) is 0 Å². The summed E-state index contributed by atoms with van der Waals surface area (Å²) in [6, 6.07) is 0.103. The van der Waals surface area contributed by atoms with Crippen LogP contribution in [0.15, 0.2) is 5.16 Å². The third-order valence-corrected chi connectivity index (χ3v) is 6.91. The average Bonchev–Trinajstić information content (AvgIpc) is 3.29. The number of Topliss-reactive ketones (excluding diaryl/α,β-unsaturated/α-hetero) is 1. The largest absolute Gasteiger partial charge is 0.425 e. The van der Waals surface area contributed by atoms with Crippen LogP contribution >= 0.6 is 23.1 Å². The first-order valence-corrected chi connectivity index (χ1v) is 10.7. The number of carbonyl (C=O) groups excluding carboxylic acids is 2. The standard InChI is InChI=1S/C17H21N5O3S2/c1-8(23)14-11-5-4-10(18)6-12(11)27-16(14)19-13(24)7-26-17-21-20-15(22(17)25)9-2-3-9/h9-10,25H,2-7,18H2,1H3,(H,19,24). The van der Waals surface area contributed by atoms with Crippen LogP contribution in [0.2, 0.25) is 0 Å². The number of thioether (sulfide) groups is 1. The normalized spacial score (nSPS) is 19.0. The monoisotopic (exact) mass is 407 g/mol. The Morgan fingerprint density at radius 3 is 2.85 bits per heavy atom. The van der Waals surface area contributed by atoms with Crippen molar-refractivity contribution in [1.82, 2.24) is 14.9 Å². The molecule has 8 nitrogen and oxygen atoms in total. The first-order chi connectivity index (χ1) is 12.9. The molecule has 0 bridgehead atoms. The molecule has 2 aromatic rings. The Bertz CT molecular complexity index is 903. The molecular formula is C17H21N5O3S2. The van der Waals surface area contributed by atoms with Crippen molar-refractivity contribution in [3.63, 3.8) is 0 Å². The summed E-state index contributed by atoms with van der Waals surface area (Å²) in [6.07, 6.45) is 4.37. The fourth-order valence-electron chi connectivity index (χ4n) is 3.33. The molecule has 2 heterocycles. The highest BCUT2D eigenvalue weighted by Crippen LogP contribution is 2.40. The van der Waals surface area contributed by atoms with Crippen molar-refractivity contribution in [1.29, 1.82) is 0 Å². The Kier molecular flexibility index (Phi) is 4.95. The Morgan fingerprint density at radius 2 is 2.15 bits per heavy atom. The van der Waals surface area contributed by atoms with Gasteiger partial charge in [0.15, 0.2) is 11.6 Å². The minimum atomic E-state index is -0.249. The Morgan fingerprint density at radius 1 is 1.37 bits per heavy atom. The van der Waals surface area contributed by atoms with Crippen LogP contribution in [0.3, 0.4) is 0 Å². The van der Waals surface area contributed by atoms with Gasteiger partial charge in [0.05, 0.1) is 11.3 Å². The summed E-state index contributed by atoms with van der Waals surface area (Å²) in [5.41, 5.74) is 7.67. The van der Waals surface area contributed by atoms with Crippen LogP contribution < -0.4 is 11.1 Å². The molecule has 1 saturated carbocycles. The number of nitrogens with zero attached hydrogens (tertiary/aromatic N) is 3. The van der Waals surface area contributed by atoms with E-state index in [9.17, 15) is 14.8 Å². The van der Waals surface area contributed by atoms with Gasteiger partial charge in [0.25, 0.3) is 0 Å². The molecule has 0 spiro atoms. The lowest BCUT2D eigenvalue weighted by atomic mass is 9.91. The van der Waals surface area contributed by atoms with Crippen LogP contribution in [0, 0.1) is 0 Å². The van der Waals surface area contributed by atoms with Gasteiger partial charge in [0.2, 0.25) is 11.1 Å². The molecule has 1 amide bonds. The zero-order valence-corrected chi connectivity index (χ0v) is 16.5. The molecule has 0 aliphatic heterocycles. The predicted octanol–water partition coefficient (Wildman–Crippen LogP) is 2.20. The molecule has 1 unspecified atom stereocenters. The van der Waals surface area contributed by atoms with Crippen molar-refractivity contribution in [3.05, 3.63) is 21.8 Å². The van der Waals surface area contributed by atoms with E-state index in [4.69, 9.17) is 5.73 Å². The van der Waals surface area contributed by atoms with Gasteiger partial charge >= 0.3 is 0 Å². The van der Waals surface area contributed by atoms with E-state index in [0.717, 1.165) is 59.0 Å². The quantitative estimate of drug-likeness (QED) is 0.381. The summed E-state index contributed by atoms with van der Waals surface area (Å²) >= 11 is 2.56. The van der Waals surface area contributed by atoms with E-state index in [1.165, 1.54) is 18.3 Å². The third kappa shape index (κ3) is 3.74. The lowest BCUT2D eigenvalue weighted by molar-refractivity contribution is -0.113. The van der Waals surface area contributed by atoms with Crippen molar-refractivity contribution in [2.75, 3.05) is 11.1 Å². The molecule has 0 radical (unpaired) electrons. The highest BCUT2D eigenvalue weighted by atomic mass is 32.2. The van der Waals surface area contributed by atoms with Crippen LogP contribution in [0.25, 0.3) is 0 Å². The van der Waals surface area contributed by atoms with Gasteiger partial charge in [-0.25, -0.2) is 0 Å². The van der Waals surface area contributed by atoms with Gasteiger partial charge in [-0.05, 0) is 44.6 Å². The summed E-state index contributed by atoms with van der Waals surface area (Å²) in [4.78, 5) is 25.6. The number of hydrogen-bond acceptors (Lipinski definition) is 8. The molecule has 27 heavy (non-hydrogen) atoms. The van der Waals surface area contributed by atoms with Crippen LogP contribution in [-0.4, -0.2) is 43.6 Å². The van der Waals surface area contributed by atoms with Gasteiger partial charge in [0, 0.05) is 16.8 Å². The van der Waals surface area contributed by atoms with Gasteiger partial charge in [-0.3, -0.25) is 9.59 Å². The molecular weight excluding hydrogens is 386 g/mol. The van der Waals surface area contributed by atoms with Crippen LogP contribution in [-0.2, 0) is 17.6 Å². The van der Waals surface area contributed by atoms with E-state index >= 15 is 0 Å². The molecule has 0 aromatic carbocycles. The van der Waals surface area contributed by atoms with Gasteiger partial charge in [-0.2, -0.15) is 0 Å². The summed E-state index contributed by atoms with van der Waals surface area (Å²) < 4.78 is 0.974. The minimum absolute atomic E-state index is 0.0462. The van der Waals surface area contributed by atoms with E-state index in [-0.39, 0.29) is 29.4 Å². The maximum Gasteiger partial charge on any atom is 0.235 e. The second kappa shape index (κ2) is 7.25. The van der Waals surface area contributed by atoms with E-state index in [1.807, 2.05) is 0 Å². The van der Waals surface area contributed by atoms with Crippen LogP contribution in [0.1, 0.15) is 58.7 Å². The summed E-state index contributed by atoms with van der Waals surface area (Å²) in [7, 11) is 0. The number of hydrogen-bond donors (Lipinski definition) is 3. The maximum absolute atomic E-state index is 12.4. The number of fused-ring (bicyclic) bond motifs is 1. The molecule has 4 N–H and O–H groups in total. The molecule has 0 saturated heterocycles. The summed E-state index contributed by atoms with van der Waals surface area (Å²) in [5.74, 6) is 0.603. The third-order valence-electron chi connectivity index (χ3n) is 4.82. The van der Waals surface area contributed by atoms with Gasteiger partial charge in [-0.15, -0.1) is 26.3 Å². The van der Waals surface area contributed by atoms with Crippen molar-refractivity contribution in [2.24, 2.45) is 5.73 Å². The Hall–Kier alpha value is -1.91.